The van der Waals surface area contributed by atoms with Crippen molar-refractivity contribution in [2.24, 2.45) is 5.10 Å². The van der Waals surface area contributed by atoms with Gasteiger partial charge in [0.15, 0.2) is 0 Å². The summed E-state index contributed by atoms with van der Waals surface area (Å²) in [6, 6.07) is 22.2. The Morgan fingerprint density at radius 2 is 1.87 bits per heavy atom. The van der Waals surface area contributed by atoms with Gasteiger partial charge in [-0.3, -0.25) is 0 Å². The molecule has 0 spiro atoms. The maximum absolute atomic E-state index is 6.40. The second-order valence-corrected chi connectivity index (χ2v) is 8.66. The molecule has 3 aromatic carbocycles. The summed E-state index contributed by atoms with van der Waals surface area (Å²) in [4.78, 5) is 0. The van der Waals surface area contributed by atoms with Crippen molar-refractivity contribution in [3.63, 3.8) is 0 Å². The van der Waals surface area contributed by atoms with Crippen LogP contribution in [0.2, 0.25) is 5.02 Å². The van der Waals surface area contributed by atoms with Crippen LogP contribution in [0, 0.1) is 0 Å². The van der Waals surface area contributed by atoms with E-state index in [4.69, 9.17) is 26.2 Å². The molecule has 0 fully saturated rings. The summed E-state index contributed by atoms with van der Waals surface area (Å²) >= 11 is 9.70. The lowest BCUT2D eigenvalue weighted by atomic mass is 9.96. The SMILES string of the molecule is CCOc1ccc(C2=NN3[C@@H](C2)c2cc(Br)ccc2O[C@H]3c2ccc(Cl)cc2)cc1. The van der Waals surface area contributed by atoms with Crippen molar-refractivity contribution in [2.45, 2.75) is 25.6 Å². The van der Waals surface area contributed by atoms with Crippen LogP contribution in [0.3, 0.4) is 0 Å². The highest BCUT2D eigenvalue weighted by Gasteiger charge is 2.41. The van der Waals surface area contributed by atoms with Gasteiger partial charge in [0.25, 0.3) is 0 Å². The number of hydrogen-bond donors (Lipinski definition) is 0. The summed E-state index contributed by atoms with van der Waals surface area (Å²) in [7, 11) is 0. The van der Waals surface area contributed by atoms with E-state index in [1.54, 1.807) is 0 Å². The van der Waals surface area contributed by atoms with Crippen molar-refractivity contribution in [1.29, 1.82) is 0 Å². The molecule has 2 aliphatic heterocycles. The van der Waals surface area contributed by atoms with Crippen molar-refractivity contribution in [1.82, 2.24) is 5.01 Å². The summed E-state index contributed by atoms with van der Waals surface area (Å²) in [5.74, 6) is 1.76. The largest absolute Gasteiger partial charge is 0.494 e. The Hall–Kier alpha value is -2.50. The molecule has 6 heteroatoms. The third-order valence-corrected chi connectivity index (χ3v) is 6.15. The molecule has 0 saturated carbocycles. The summed E-state index contributed by atoms with van der Waals surface area (Å²) in [5, 5.41) is 7.78. The highest BCUT2D eigenvalue weighted by atomic mass is 79.9. The molecule has 2 aliphatic rings. The number of halogens is 2. The molecule has 5 rings (SSSR count). The fraction of sp³-hybridized carbons (Fsp3) is 0.208. The first-order valence-electron chi connectivity index (χ1n) is 9.93. The van der Waals surface area contributed by atoms with Gasteiger partial charge >= 0.3 is 0 Å². The van der Waals surface area contributed by atoms with E-state index in [-0.39, 0.29) is 12.3 Å². The Labute approximate surface area is 189 Å². The van der Waals surface area contributed by atoms with Crippen LogP contribution in [0.15, 0.2) is 76.3 Å². The number of hydrazone groups is 1. The quantitative estimate of drug-likeness (QED) is 0.412. The Bertz CT molecular complexity index is 1100. The van der Waals surface area contributed by atoms with Gasteiger partial charge in [-0.2, -0.15) is 5.10 Å². The Kier molecular flexibility index (Phi) is 5.17. The molecule has 2 atom stereocenters. The van der Waals surface area contributed by atoms with Crippen LogP contribution in [0.1, 0.15) is 42.3 Å². The van der Waals surface area contributed by atoms with Gasteiger partial charge in [-0.25, -0.2) is 5.01 Å². The lowest BCUT2D eigenvalue weighted by Crippen LogP contribution is -2.33. The lowest BCUT2D eigenvalue weighted by molar-refractivity contribution is -0.0190. The Morgan fingerprint density at radius 3 is 2.60 bits per heavy atom. The van der Waals surface area contributed by atoms with Crippen LogP contribution in [0.5, 0.6) is 11.5 Å². The van der Waals surface area contributed by atoms with Gasteiger partial charge in [0.05, 0.1) is 18.4 Å². The van der Waals surface area contributed by atoms with Gasteiger partial charge in [-0.1, -0.05) is 39.7 Å². The third kappa shape index (κ3) is 3.57. The maximum Gasteiger partial charge on any atom is 0.213 e. The third-order valence-electron chi connectivity index (χ3n) is 5.41. The summed E-state index contributed by atoms with van der Waals surface area (Å²) in [5.41, 5.74) is 4.30. The fourth-order valence-electron chi connectivity index (χ4n) is 3.99. The molecule has 30 heavy (non-hydrogen) atoms. The first-order chi connectivity index (χ1) is 14.6. The zero-order chi connectivity index (χ0) is 20.7. The van der Waals surface area contributed by atoms with Crippen molar-refractivity contribution in [2.75, 3.05) is 6.61 Å². The molecule has 0 saturated heterocycles. The lowest BCUT2D eigenvalue weighted by Gasteiger charge is -2.38. The molecule has 3 aromatic rings. The smallest absolute Gasteiger partial charge is 0.213 e. The van der Waals surface area contributed by atoms with Crippen LogP contribution in [0.4, 0.5) is 0 Å². The van der Waals surface area contributed by atoms with E-state index in [1.165, 1.54) is 0 Å². The highest BCUT2D eigenvalue weighted by molar-refractivity contribution is 9.10. The van der Waals surface area contributed by atoms with E-state index in [1.807, 2.05) is 55.5 Å². The van der Waals surface area contributed by atoms with Gasteiger partial charge in [0.2, 0.25) is 6.23 Å². The first kappa shape index (κ1) is 19.5. The van der Waals surface area contributed by atoms with E-state index in [9.17, 15) is 0 Å². The van der Waals surface area contributed by atoms with Crippen molar-refractivity contribution >= 4 is 33.2 Å². The minimum atomic E-state index is -0.304. The molecule has 0 amide bonds. The number of benzene rings is 3. The van der Waals surface area contributed by atoms with Gasteiger partial charge < -0.3 is 9.47 Å². The monoisotopic (exact) mass is 482 g/mol. The number of hydrogen-bond acceptors (Lipinski definition) is 4. The molecule has 0 aliphatic carbocycles. The number of fused-ring (bicyclic) bond motifs is 3. The minimum Gasteiger partial charge on any atom is -0.494 e. The second kappa shape index (κ2) is 7.97. The van der Waals surface area contributed by atoms with Crippen LogP contribution in [-0.4, -0.2) is 17.3 Å². The molecular formula is C24H20BrClN2O2. The van der Waals surface area contributed by atoms with Crippen LogP contribution in [-0.2, 0) is 0 Å². The van der Waals surface area contributed by atoms with Crippen molar-refractivity contribution < 1.29 is 9.47 Å². The van der Waals surface area contributed by atoms with Gasteiger partial charge in [0.1, 0.15) is 11.5 Å². The second-order valence-electron chi connectivity index (χ2n) is 7.31. The summed E-state index contributed by atoms with van der Waals surface area (Å²) < 4.78 is 13.0. The molecule has 2 heterocycles. The number of rotatable bonds is 4. The highest BCUT2D eigenvalue weighted by Crippen LogP contribution is 2.48. The van der Waals surface area contributed by atoms with Gasteiger partial charge in [-0.15, -0.1) is 0 Å². The van der Waals surface area contributed by atoms with Gasteiger partial charge in [-0.05, 0) is 67.1 Å². The van der Waals surface area contributed by atoms with E-state index in [0.29, 0.717) is 11.6 Å². The molecular weight excluding hydrogens is 464 g/mol. The standard InChI is InChI=1S/C24H20BrClN2O2/c1-2-29-19-10-5-15(6-11-19)21-14-22-20-13-17(25)7-12-23(20)30-24(28(22)27-21)16-3-8-18(26)9-4-16/h3-13,22,24H,2,14H2,1H3/t22-,24-/m0/s1. The van der Waals surface area contributed by atoms with E-state index >= 15 is 0 Å². The number of nitrogens with zero attached hydrogens (tertiary/aromatic N) is 2. The van der Waals surface area contributed by atoms with E-state index < -0.39 is 0 Å². The maximum atomic E-state index is 6.40. The average molecular weight is 484 g/mol. The normalized spacial score (nSPS) is 19.6. The first-order valence-corrected chi connectivity index (χ1v) is 11.1. The summed E-state index contributed by atoms with van der Waals surface area (Å²) in [6.45, 7) is 2.64. The molecule has 0 N–H and O–H groups in total. The van der Waals surface area contributed by atoms with Crippen molar-refractivity contribution in [3.05, 3.63) is 92.9 Å². The van der Waals surface area contributed by atoms with E-state index in [0.717, 1.165) is 44.8 Å². The molecule has 0 radical (unpaired) electrons. The van der Waals surface area contributed by atoms with Crippen LogP contribution in [0.25, 0.3) is 0 Å². The fourth-order valence-corrected chi connectivity index (χ4v) is 4.49. The predicted octanol–water partition coefficient (Wildman–Crippen LogP) is 6.74. The molecule has 0 bridgehead atoms. The summed E-state index contributed by atoms with van der Waals surface area (Å²) in [6.07, 6.45) is 0.506. The van der Waals surface area contributed by atoms with Gasteiger partial charge in [0, 0.05) is 27.0 Å². The predicted molar refractivity (Wildman–Crippen MR) is 122 cm³/mol. The Morgan fingerprint density at radius 1 is 1.10 bits per heavy atom. The van der Waals surface area contributed by atoms with Crippen LogP contribution >= 0.6 is 27.5 Å². The van der Waals surface area contributed by atoms with Crippen LogP contribution < -0.4 is 9.47 Å². The topological polar surface area (TPSA) is 34.1 Å². The molecule has 4 nitrogen and oxygen atoms in total. The average Bonchev–Trinajstić information content (AvgIpc) is 3.21. The van der Waals surface area contributed by atoms with E-state index in [2.05, 4.69) is 39.1 Å². The Balaban J connectivity index is 1.54. The van der Waals surface area contributed by atoms with Crippen molar-refractivity contribution in [3.8, 4) is 11.5 Å². The molecule has 0 aromatic heterocycles. The minimum absolute atomic E-state index is 0.105. The molecule has 0 unspecified atom stereocenters. The zero-order valence-electron chi connectivity index (χ0n) is 16.4. The number of ether oxygens (including phenoxy) is 2. The zero-order valence-corrected chi connectivity index (χ0v) is 18.7. The molecule has 152 valence electrons.